The number of hydrogen-bond acceptors (Lipinski definition) is 7. The van der Waals surface area contributed by atoms with Crippen molar-refractivity contribution in [2.75, 3.05) is 10.1 Å². The summed E-state index contributed by atoms with van der Waals surface area (Å²) in [5.41, 5.74) is 2.91. The number of sulfonamides is 1. The molecule has 0 radical (unpaired) electrons. The first-order chi connectivity index (χ1) is 9.96. The summed E-state index contributed by atoms with van der Waals surface area (Å²) in [5.74, 6) is 5.21. The van der Waals surface area contributed by atoms with Crippen LogP contribution < -0.4 is 16.0 Å². The van der Waals surface area contributed by atoms with E-state index in [0.717, 1.165) is 12.4 Å². The number of nitrogen functional groups attached to an aromatic ring is 1. The average Bonchev–Trinajstić information content (AvgIpc) is 2.49. The van der Waals surface area contributed by atoms with Crippen molar-refractivity contribution in [3.8, 4) is 6.07 Å². The van der Waals surface area contributed by atoms with E-state index in [4.69, 9.17) is 11.1 Å². The zero-order valence-corrected chi connectivity index (χ0v) is 12.8. The van der Waals surface area contributed by atoms with Gasteiger partial charge in [-0.2, -0.15) is 5.26 Å². The maximum atomic E-state index is 12.2. The van der Waals surface area contributed by atoms with Gasteiger partial charge >= 0.3 is 0 Å². The van der Waals surface area contributed by atoms with Crippen LogP contribution in [0.3, 0.4) is 0 Å². The smallest absolute Gasteiger partial charge is 0.265 e. The molecule has 21 heavy (non-hydrogen) atoms. The molecule has 0 unspecified atom stereocenters. The van der Waals surface area contributed by atoms with Crippen LogP contribution >= 0.6 is 15.9 Å². The summed E-state index contributed by atoms with van der Waals surface area (Å²) in [5, 5.41) is 8.77. The van der Waals surface area contributed by atoms with E-state index < -0.39 is 10.0 Å². The molecule has 0 aliphatic heterocycles. The number of anilines is 2. The second-order valence-electron chi connectivity index (χ2n) is 3.80. The van der Waals surface area contributed by atoms with Crippen molar-refractivity contribution in [3.05, 3.63) is 40.6 Å². The Hall–Kier alpha value is -2.22. The highest BCUT2D eigenvalue weighted by atomic mass is 79.9. The summed E-state index contributed by atoms with van der Waals surface area (Å²) in [6, 6.07) is 6.45. The molecule has 0 amide bonds. The molecule has 10 heteroatoms. The number of rotatable bonds is 4. The van der Waals surface area contributed by atoms with Crippen molar-refractivity contribution in [2.45, 2.75) is 4.90 Å². The average molecular weight is 369 g/mol. The molecule has 0 fully saturated rings. The van der Waals surface area contributed by atoms with E-state index in [1.807, 2.05) is 6.07 Å². The lowest BCUT2D eigenvalue weighted by molar-refractivity contribution is 0.600. The van der Waals surface area contributed by atoms with Gasteiger partial charge in [-0.3, -0.25) is 10.1 Å². The van der Waals surface area contributed by atoms with E-state index in [1.165, 1.54) is 18.2 Å². The molecule has 0 saturated carbocycles. The van der Waals surface area contributed by atoms with E-state index >= 15 is 0 Å². The fraction of sp³-hybridized carbons (Fsp3) is 0. The van der Waals surface area contributed by atoms with Gasteiger partial charge in [0.05, 0.1) is 29.7 Å². The van der Waals surface area contributed by atoms with E-state index in [1.54, 1.807) is 0 Å². The van der Waals surface area contributed by atoms with Crippen molar-refractivity contribution in [1.82, 2.24) is 9.97 Å². The third kappa shape index (κ3) is 3.46. The minimum atomic E-state index is -3.84. The zero-order chi connectivity index (χ0) is 15.5. The summed E-state index contributed by atoms with van der Waals surface area (Å²) >= 11 is 3.20. The fourth-order valence-electron chi connectivity index (χ4n) is 1.40. The number of aromatic nitrogens is 2. The topological polar surface area (TPSA) is 134 Å². The molecule has 1 aromatic heterocycles. The summed E-state index contributed by atoms with van der Waals surface area (Å²) in [6.07, 6.45) is 2.25. The number of hydrogen-bond donors (Lipinski definition) is 3. The van der Waals surface area contributed by atoms with Crippen LogP contribution in [0.15, 0.2) is 40.0 Å². The lowest BCUT2D eigenvalue weighted by Crippen LogP contribution is -2.15. The van der Waals surface area contributed by atoms with Crippen molar-refractivity contribution in [1.29, 1.82) is 5.26 Å². The Morgan fingerprint density at radius 2 is 1.95 bits per heavy atom. The van der Waals surface area contributed by atoms with E-state index in [2.05, 4.69) is 36.0 Å². The first-order valence-corrected chi connectivity index (χ1v) is 7.75. The van der Waals surface area contributed by atoms with Crippen molar-refractivity contribution < 1.29 is 8.42 Å². The predicted octanol–water partition coefficient (Wildman–Crippen LogP) is 1.20. The van der Waals surface area contributed by atoms with Crippen LogP contribution in [-0.4, -0.2) is 18.4 Å². The first kappa shape index (κ1) is 15.2. The molecule has 2 aromatic rings. The lowest BCUT2D eigenvalue weighted by atomic mass is 10.2. The molecule has 0 aliphatic rings. The molecular weight excluding hydrogens is 360 g/mol. The Bertz CT molecular complexity index is 800. The molecule has 4 N–H and O–H groups in total. The van der Waals surface area contributed by atoms with Gasteiger partial charge in [-0.25, -0.2) is 24.2 Å². The van der Waals surface area contributed by atoms with Crippen molar-refractivity contribution in [3.63, 3.8) is 0 Å². The summed E-state index contributed by atoms with van der Waals surface area (Å²) in [6.45, 7) is 0. The largest absolute Gasteiger partial charge is 0.292 e. The van der Waals surface area contributed by atoms with Crippen LogP contribution in [-0.2, 0) is 10.0 Å². The van der Waals surface area contributed by atoms with E-state index in [0.29, 0.717) is 15.7 Å². The molecule has 0 aliphatic carbocycles. The normalized spacial score (nSPS) is 10.7. The molecule has 1 heterocycles. The van der Waals surface area contributed by atoms with Gasteiger partial charge in [0.25, 0.3) is 10.0 Å². The van der Waals surface area contributed by atoms with Crippen LogP contribution in [0, 0.1) is 11.3 Å². The van der Waals surface area contributed by atoms with Gasteiger partial charge < -0.3 is 0 Å². The zero-order valence-electron chi connectivity index (χ0n) is 10.4. The molecule has 0 atom stereocenters. The number of nitriles is 1. The SMILES string of the molecule is N#Cc1ccc(NS(=O)(=O)c2cnc(NN)nc2)c(Br)c1. The Labute approximate surface area is 129 Å². The first-order valence-electron chi connectivity index (χ1n) is 5.47. The Kier molecular flexibility index (Phi) is 4.37. The molecular formula is C11H9BrN6O2S. The van der Waals surface area contributed by atoms with E-state index in [9.17, 15) is 8.42 Å². The van der Waals surface area contributed by atoms with Crippen molar-refractivity contribution in [2.24, 2.45) is 5.84 Å². The predicted molar refractivity (Wildman–Crippen MR) is 79.5 cm³/mol. The monoisotopic (exact) mass is 368 g/mol. The second-order valence-corrected chi connectivity index (χ2v) is 6.34. The summed E-state index contributed by atoms with van der Waals surface area (Å²) in [4.78, 5) is 7.35. The van der Waals surface area contributed by atoms with Crippen LogP contribution in [0.1, 0.15) is 5.56 Å². The molecule has 0 spiro atoms. The Morgan fingerprint density at radius 3 is 2.48 bits per heavy atom. The number of nitrogens with two attached hydrogens (primary N) is 1. The molecule has 0 saturated heterocycles. The quantitative estimate of drug-likeness (QED) is 0.544. The third-order valence-electron chi connectivity index (χ3n) is 2.41. The van der Waals surface area contributed by atoms with Gasteiger partial charge in [-0.15, -0.1) is 0 Å². The number of benzene rings is 1. The van der Waals surface area contributed by atoms with Crippen molar-refractivity contribution >= 4 is 37.6 Å². The number of nitrogens with zero attached hydrogens (tertiary/aromatic N) is 3. The summed E-state index contributed by atoms with van der Waals surface area (Å²) < 4.78 is 27.2. The van der Waals surface area contributed by atoms with Gasteiger partial charge in [0.1, 0.15) is 4.90 Å². The Balaban J connectivity index is 2.30. The Morgan fingerprint density at radius 1 is 1.29 bits per heavy atom. The number of halogens is 1. The molecule has 2 rings (SSSR count). The van der Waals surface area contributed by atoms with Gasteiger partial charge in [-0.05, 0) is 34.1 Å². The van der Waals surface area contributed by atoms with E-state index in [-0.39, 0.29) is 10.8 Å². The summed E-state index contributed by atoms with van der Waals surface area (Å²) in [7, 11) is -3.84. The third-order valence-corrected chi connectivity index (χ3v) is 4.39. The second kappa shape index (κ2) is 6.04. The molecule has 8 nitrogen and oxygen atoms in total. The van der Waals surface area contributed by atoms with Gasteiger partial charge in [0.15, 0.2) is 0 Å². The fourth-order valence-corrected chi connectivity index (χ4v) is 2.98. The molecule has 0 bridgehead atoms. The van der Waals surface area contributed by atoms with Gasteiger partial charge in [0, 0.05) is 4.47 Å². The minimum Gasteiger partial charge on any atom is -0.292 e. The highest BCUT2D eigenvalue weighted by molar-refractivity contribution is 9.10. The van der Waals surface area contributed by atoms with Crippen LogP contribution in [0.2, 0.25) is 0 Å². The maximum absolute atomic E-state index is 12.2. The number of hydrazine groups is 1. The van der Waals surface area contributed by atoms with Gasteiger partial charge in [0.2, 0.25) is 5.95 Å². The maximum Gasteiger partial charge on any atom is 0.265 e. The molecule has 108 valence electrons. The highest BCUT2D eigenvalue weighted by Gasteiger charge is 2.17. The standard InChI is InChI=1S/C11H9BrN6O2S/c12-9-3-7(4-13)1-2-10(9)18-21(19,20)8-5-15-11(17-14)16-6-8/h1-3,5-6,18H,14H2,(H,15,16,17). The van der Waals surface area contributed by atoms with Gasteiger partial charge in [-0.1, -0.05) is 0 Å². The van der Waals surface area contributed by atoms with Crippen LogP contribution in [0.25, 0.3) is 0 Å². The lowest BCUT2D eigenvalue weighted by Gasteiger charge is -2.09. The number of nitrogens with one attached hydrogen (secondary N) is 2. The minimum absolute atomic E-state index is 0.105. The van der Waals surface area contributed by atoms with Crippen LogP contribution in [0.5, 0.6) is 0 Å². The van der Waals surface area contributed by atoms with Crippen LogP contribution in [0.4, 0.5) is 11.6 Å². The molecule has 1 aromatic carbocycles. The highest BCUT2D eigenvalue weighted by Crippen LogP contribution is 2.25.